The number of anilines is 1. The standard InChI is InChI=1S/C17H16F3N3O3S/c1-11-2-4-12(5-3-11)15-16(24,17(18,19)20)10-23(22-15)13-6-8-14(9-7-13)27(21,25)26/h2-9,24H,10H2,1H3,(H2,21,25,26). The summed E-state index contributed by atoms with van der Waals surface area (Å²) in [4.78, 5) is -0.181. The van der Waals surface area contributed by atoms with Crippen LogP contribution in [-0.4, -0.2) is 37.6 Å². The molecule has 1 atom stereocenters. The Hall–Kier alpha value is -2.43. The highest BCUT2D eigenvalue weighted by Crippen LogP contribution is 2.39. The molecule has 0 aliphatic carbocycles. The Labute approximate surface area is 153 Å². The van der Waals surface area contributed by atoms with E-state index in [1.54, 1.807) is 19.1 Å². The Balaban J connectivity index is 2.04. The predicted molar refractivity (Wildman–Crippen MR) is 93.9 cm³/mol. The highest BCUT2D eigenvalue weighted by Gasteiger charge is 2.61. The lowest BCUT2D eigenvalue weighted by Crippen LogP contribution is -2.54. The van der Waals surface area contributed by atoms with E-state index in [1.807, 2.05) is 0 Å². The third-order valence-electron chi connectivity index (χ3n) is 4.25. The van der Waals surface area contributed by atoms with Gasteiger partial charge in [-0.25, -0.2) is 13.6 Å². The van der Waals surface area contributed by atoms with E-state index in [2.05, 4.69) is 5.10 Å². The molecule has 0 saturated carbocycles. The summed E-state index contributed by atoms with van der Waals surface area (Å²) in [5.41, 5.74) is -2.51. The first-order valence-electron chi connectivity index (χ1n) is 7.77. The normalized spacial score (nSPS) is 20.7. The number of nitrogens with two attached hydrogens (primary N) is 1. The van der Waals surface area contributed by atoms with Crippen LogP contribution in [0.2, 0.25) is 0 Å². The van der Waals surface area contributed by atoms with Crippen LogP contribution in [0, 0.1) is 6.92 Å². The summed E-state index contributed by atoms with van der Waals surface area (Å²) in [6, 6.07) is 11.0. The van der Waals surface area contributed by atoms with Crippen molar-refractivity contribution in [2.45, 2.75) is 23.6 Å². The number of sulfonamides is 1. The van der Waals surface area contributed by atoms with E-state index in [9.17, 15) is 26.7 Å². The zero-order chi connectivity index (χ0) is 20.0. The van der Waals surface area contributed by atoms with Gasteiger partial charge in [-0.2, -0.15) is 18.3 Å². The van der Waals surface area contributed by atoms with Crippen LogP contribution in [0.4, 0.5) is 18.9 Å². The Morgan fingerprint density at radius 1 is 1.11 bits per heavy atom. The van der Waals surface area contributed by atoms with E-state index in [0.29, 0.717) is 0 Å². The van der Waals surface area contributed by atoms with Gasteiger partial charge in [0.05, 0.1) is 17.1 Å². The highest BCUT2D eigenvalue weighted by atomic mass is 32.2. The molecule has 0 fully saturated rings. The average Bonchev–Trinajstić information content (AvgIpc) is 2.94. The minimum atomic E-state index is -4.95. The lowest BCUT2D eigenvalue weighted by Gasteiger charge is -2.27. The van der Waals surface area contributed by atoms with Crippen LogP contribution in [-0.2, 0) is 10.0 Å². The zero-order valence-electron chi connectivity index (χ0n) is 14.1. The van der Waals surface area contributed by atoms with Crippen molar-refractivity contribution < 1.29 is 26.7 Å². The number of hydrogen-bond donors (Lipinski definition) is 2. The maximum absolute atomic E-state index is 13.6. The molecule has 27 heavy (non-hydrogen) atoms. The molecule has 0 spiro atoms. The van der Waals surface area contributed by atoms with Crippen molar-refractivity contribution in [1.29, 1.82) is 0 Å². The van der Waals surface area contributed by atoms with Gasteiger partial charge >= 0.3 is 6.18 Å². The molecule has 1 unspecified atom stereocenters. The Morgan fingerprint density at radius 2 is 1.67 bits per heavy atom. The number of hydrazone groups is 1. The average molecular weight is 399 g/mol. The molecule has 10 heteroatoms. The Morgan fingerprint density at radius 3 is 2.15 bits per heavy atom. The number of aliphatic hydroxyl groups is 1. The van der Waals surface area contributed by atoms with Crippen LogP contribution in [0.15, 0.2) is 58.5 Å². The molecule has 1 aliphatic heterocycles. The van der Waals surface area contributed by atoms with Gasteiger partial charge in [0.25, 0.3) is 0 Å². The molecule has 6 nitrogen and oxygen atoms in total. The summed E-state index contributed by atoms with van der Waals surface area (Å²) in [7, 11) is -3.93. The monoisotopic (exact) mass is 399 g/mol. The lowest BCUT2D eigenvalue weighted by molar-refractivity contribution is -0.224. The van der Waals surface area contributed by atoms with Gasteiger partial charge in [-0.15, -0.1) is 0 Å². The number of nitrogens with zero attached hydrogens (tertiary/aromatic N) is 2. The number of primary sulfonamides is 1. The van der Waals surface area contributed by atoms with Gasteiger partial charge in [-0.3, -0.25) is 5.01 Å². The summed E-state index contributed by atoms with van der Waals surface area (Å²) in [6.45, 7) is 0.935. The molecule has 1 aliphatic rings. The van der Waals surface area contributed by atoms with Crippen LogP contribution in [0.1, 0.15) is 11.1 Å². The molecule has 0 saturated heterocycles. The highest BCUT2D eigenvalue weighted by molar-refractivity contribution is 7.89. The number of rotatable bonds is 3. The fourth-order valence-electron chi connectivity index (χ4n) is 2.72. The van der Waals surface area contributed by atoms with Crippen LogP contribution < -0.4 is 10.1 Å². The molecule has 3 N–H and O–H groups in total. The van der Waals surface area contributed by atoms with E-state index in [0.717, 1.165) is 22.7 Å². The molecule has 1 heterocycles. The summed E-state index contributed by atoms with van der Waals surface area (Å²) in [5.74, 6) is 0. The van der Waals surface area contributed by atoms with Gasteiger partial charge in [0.1, 0.15) is 5.71 Å². The zero-order valence-corrected chi connectivity index (χ0v) is 14.9. The first-order valence-corrected chi connectivity index (χ1v) is 9.32. The molecule has 0 bridgehead atoms. The number of aryl methyl sites for hydroxylation is 1. The maximum Gasteiger partial charge on any atom is 0.424 e. The van der Waals surface area contributed by atoms with Gasteiger partial charge in [-0.1, -0.05) is 29.8 Å². The number of hydrogen-bond acceptors (Lipinski definition) is 5. The second-order valence-corrected chi connectivity index (χ2v) is 7.83. The number of β-amino-alcohol motifs (C(OH)–C–C–N with tert-alkyl or cyclic N) is 1. The van der Waals surface area contributed by atoms with E-state index in [-0.39, 0.29) is 16.1 Å². The first-order chi connectivity index (χ1) is 12.4. The maximum atomic E-state index is 13.6. The topological polar surface area (TPSA) is 96.0 Å². The van der Waals surface area contributed by atoms with Crippen LogP contribution in [0.5, 0.6) is 0 Å². The molecule has 0 aromatic heterocycles. The van der Waals surface area contributed by atoms with E-state index >= 15 is 0 Å². The lowest BCUT2D eigenvalue weighted by atomic mass is 9.91. The van der Waals surface area contributed by atoms with Crippen molar-refractivity contribution in [3.8, 4) is 0 Å². The van der Waals surface area contributed by atoms with Gasteiger partial charge in [0.15, 0.2) is 0 Å². The summed E-state index contributed by atoms with van der Waals surface area (Å²) in [6.07, 6.45) is -4.95. The van der Waals surface area contributed by atoms with Crippen molar-refractivity contribution in [3.63, 3.8) is 0 Å². The second-order valence-electron chi connectivity index (χ2n) is 6.27. The molecule has 0 amide bonds. The fraction of sp³-hybridized carbons (Fsp3) is 0.235. The van der Waals surface area contributed by atoms with Gasteiger partial charge in [0, 0.05) is 5.56 Å². The third-order valence-corrected chi connectivity index (χ3v) is 5.18. The number of benzene rings is 2. The molecule has 2 aromatic rings. The van der Waals surface area contributed by atoms with Crippen molar-refractivity contribution in [3.05, 3.63) is 59.7 Å². The quantitative estimate of drug-likeness (QED) is 0.827. The van der Waals surface area contributed by atoms with Gasteiger partial charge < -0.3 is 5.11 Å². The second kappa shape index (κ2) is 6.32. The van der Waals surface area contributed by atoms with Crippen molar-refractivity contribution in [2.75, 3.05) is 11.6 Å². The van der Waals surface area contributed by atoms with Gasteiger partial charge in [-0.05, 0) is 31.2 Å². The van der Waals surface area contributed by atoms with Crippen LogP contribution in [0.25, 0.3) is 0 Å². The third kappa shape index (κ3) is 3.55. The largest absolute Gasteiger partial charge is 0.424 e. The Bertz CT molecular complexity index is 987. The first kappa shape index (κ1) is 19.3. The molecular weight excluding hydrogens is 383 g/mol. The molecule has 2 aromatic carbocycles. The number of halogens is 3. The summed E-state index contributed by atoms with van der Waals surface area (Å²) < 4.78 is 63.5. The van der Waals surface area contributed by atoms with Crippen molar-refractivity contribution >= 4 is 21.4 Å². The predicted octanol–water partition coefficient (Wildman–Crippen LogP) is 2.16. The Kier molecular flexibility index (Phi) is 4.53. The summed E-state index contributed by atoms with van der Waals surface area (Å²) in [5, 5.41) is 20.4. The van der Waals surface area contributed by atoms with Crippen LogP contribution in [0.3, 0.4) is 0 Å². The SMILES string of the molecule is Cc1ccc(C2=NN(c3ccc(S(N)(=O)=O)cc3)CC2(O)C(F)(F)F)cc1. The van der Waals surface area contributed by atoms with E-state index in [4.69, 9.17) is 5.14 Å². The molecule has 0 radical (unpaired) electrons. The molecule has 144 valence electrons. The minimum Gasteiger partial charge on any atom is -0.374 e. The van der Waals surface area contributed by atoms with E-state index < -0.39 is 34.1 Å². The van der Waals surface area contributed by atoms with Crippen molar-refractivity contribution in [1.82, 2.24) is 0 Å². The fourth-order valence-corrected chi connectivity index (χ4v) is 3.23. The van der Waals surface area contributed by atoms with Gasteiger partial charge in [0.2, 0.25) is 15.6 Å². The molecule has 3 rings (SSSR count). The molecular formula is C17H16F3N3O3S. The van der Waals surface area contributed by atoms with Crippen molar-refractivity contribution in [2.24, 2.45) is 10.2 Å². The minimum absolute atomic E-state index is 0.143. The summed E-state index contributed by atoms with van der Waals surface area (Å²) >= 11 is 0. The van der Waals surface area contributed by atoms with E-state index in [1.165, 1.54) is 24.3 Å². The van der Waals surface area contributed by atoms with Crippen LogP contribution >= 0.6 is 0 Å². The number of alkyl halides is 3. The smallest absolute Gasteiger partial charge is 0.374 e.